The standard InChI is InChI=1S/C16H15F2NO2S/c17-12-4-3-10(8-13(12)18)15(20)19-9-16(21)6-1-2-14-11(16)5-7-22-14/h3-5,7-8,21H,1-2,6,9H2,(H,19,20). The van der Waals surface area contributed by atoms with E-state index in [0.29, 0.717) is 6.42 Å². The fourth-order valence-corrected chi connectivity index (χ4v) is 3.79. The quantitative estimate of drug-likeness (QED) is 0.912. The number of thiophene rings is 1. The average molecular weight is 323 g/mol. The van der Waals surface area contributed by atoms with E-state index >= 15 is 0 Å². The van der Waals surface area contributed by atoms with Gasteiger partial charge >= 0.3 is 0 Å². The van der Waals surface area contributed by atoms with E-state index in [1.54, 1.807) is 11.3 Å². The lowest BCUT2D eigenvalue weighted by molar-refractivity contribution is 0.0197. The SMILES string of the molecule is O=C(NCC1(O)CCCc2sccc21)c1ccc(F)c(F)c1. The average Bonchev–Trinajstić information content (AvgIpc) is 2.98. The van der Waals surface area contributed by atoms with Crippen molar-refractivity contribution in [3.63, 3.8) is 0 Å². The van der Waals surface area contributed by atoms with Crippen LogP contribution < -0.4 is 5.32 Å². The van der Waals surface area contributed by atoms with Gasteiger partial charge < -0.3 is 10.4 Å². The van der Waals surface area contributed by atoms with Gasteiger partial charge in [-0.3, -0.25) is 4.79 Å². The number of benzene rings is 1. The van der Waals surface area contributed by atoms with E-state index in [1.807, 2.05) is 11.4 Å². The van der Waals surface area contributed by atoms with Gasteiger partial charge in [0.05, 0.1) is 6.54 Å². The van der Waals surface area contributed by atoms with E-state index in [4.69, 9.17) is 0 Å². The van der Waals surface area contributed by atoms with Crippen molar-refractivity contribution in [2.75, 3.05) is 6.54 Å². The maximum absolute atomic E-state index is 13.2. The molecule has 0 saturated heterocycles. The summed E-state index contributed by atoms with van der Waals surface area (Å²) in [5.41, 5.74) is -0.208. The lowest BCUT2D eigenvalue weighted by Gasteiger charge is -2.32. The van der Waals surface area contributed by atoms with Crippen molar-refractivity contribution in [3.8, 4) is 0 Å². The van der Waals surface area contributed by atoms with E-state index in [-0.39, 0.29) is 12.1 Å². The summed E-state index contributed by atoms with van der Waals surface area (Å²) in [4.78, 5) is 13.2. The van der Waals surface area contributed by atoms with Crippen LogP contribution >= 0.6 is 11.3 Å². The molecule has 2 aromatic rings. The summed E-state index contributed by atoms with van der Waals surface area (Å²) >= 11 is 1.60. The molecule has 1 aromatic carbocycles. The van der Waals surface area contributed by atoms with Crippen molar-refractivity contribution in [2.24, 2.45) is 0 Å². The molecule has 3 nitrogen and oxygen atoms in total. The minimum Gasteiger partial charge on any atom is -0.383 e. The van der Waals surface area contributed by atoms with Crippen LogP contribution in [0.5, 0.6) is 0 Å². The number of fused-ring (bicyclic) bond motifs is 1. The number of nitrogens with one attached hydrogen (secondary N) is 1. The molecule has 1 aromatic heterocycles. The molecule has 6 heteroatoms. The summed E-state index contributed by atoms with van der Waals surface area (Å²) in [5, 5.41) is 15.3. The highest BCUT2D eigenvalue weighted by molar-refractivity contribution is 7.10. The number of amides is 1. The molecule has 1 aliphatic carbocycles. The topological polar surface area (TPSA) is 49.3 Å². The molecule has 0 spiro atoms. The summed E-state index contributed by atoms with van der Waals surface area (Å²) in [6, 6.07) is 4.86. The van der Waals surface area contributed by atoms with Crippen LogP contribution in [0.2, 0.25) is 0 Å². The highest BCUT2D eigenvalue weighted by Crippen LogP contribution is 2.37. The van der Waals surface area contributed by atoms with Crippen LogP contribution in [0.3, 0.4) is 0 Å². The van der Waals surface area contributed by atoms with Gasteiger partial charge in [-0.25, -0.2) is 8.78 Å². The van der Waals surface area contributed by atoms with Crippen LogP contribution in [0.25, 0.3) is 0 Å². The summed E-state index contributed by atoms with van der Waals surface area (Å²) < 4.78 is 26.0. The number of hydrogen-bond donors (Lipinski definition) is 2. The van der Waals surface area contributed by atoms with Gasteiger partial charge in [-0.1, -0.05) is 0 Å². The third-order valence-corrected chi connectivity index (χ3v) is 4.94. The molecule has 1 aliphatic rings. The van der Waals surface area contributed by atoms with Crippen LogP contribution in [0.1, 0.15) is 33.6 Å². The number of hydrogen-bond acceptors (Lipinski definition) is 3. The molecule has 0 saturated carbocycles. The second-order valence-corrected chi connectivity index (χ2v) is 6.45. The molecule has 0 aliphatic heterocycles. The Kier molecular flexibility index (Phi) is 3.97. The van der Waals surface area contributed by atoms with Crippen LogP contribution in [0.15, 0.2) is 29.6 Å². The smallest absolute Gasteiger partial charge is 0.251 e. The summed E-state index contributed by atoms with van der Waals surface area (Å²) in [7, 11) is 0. The number of carbonyl (C=O) groups excluding carboxylic acids is 1. The first-order valence-electron chi connectivity index (χ1n) is 7.02. The molecule has 1 amide bonds. The van der Waals surface area contributed by atoms with E-state index in [2.05, 4.69) is 5.32 Å². The minimum absolute atomic E-state index is 0.0313. The molecule has 116 valence electrons. The fourth-order valence-electron chi connectivity index (χ4n) is 2.77. The van der Waals surface area contributed by atoms with Crippen molar-refractivity contribution >= 4 is 17.2 Å². The first-order valence-corrected chi connectivity index (χ1v) is 7.90. The molecular weight excluding hydrogens is 308 g/mol. The molecular formula is C16H15F2NO2S. The summed E-state index contributed by atoms with van der Waals surface area (Å²) in [5.74, 6) is -2.59. The van der Waals surface area contributed by atoms with E-state index < -0.39 is 23.1 Å². The van der Waals surface area contributed by atoms with Gasteiger partial charge in [-0.15, -0.1) is 11.3 Å². The van der Waals surface area contributed by atoms with Crippen molar-refractivity contribution in [1.29, 1.82) is 0 Å². The largest absolute Gasteiger partial charge is 0.383 e. The van der Waals surface area contributed by atoms with Gasteiger partial charge in [0.2, 0.25) is 0 Å². The number of aryl methyl sites for hydroxylation is 1. The normalized spacial score (nSPS) is 20.5. The minimum atomic E-state index is -1.10. The first-order chi connectivity index (χ1) is 10.5. The van der Waals surface area contributed by atoms with Gasteiger partial charge in [-0.2, -0.15) is 0 Å². The number of aliphatic hydroxyl groups is 1. The Morgan fingerprint density at radius 1 is 1.32 bits per heavy atom. The molecule has 0 bridgehead atoms. The van der Waals surface area contributed by atoms with Crippen molar-refractivity contribution in [1.82, 2.24) is 5.32 Å². The van der Waals surface area contributed by atoms with E-state index in [9.17, 15) is 18.7 Å². The van der Waals surface area contributed by atoms with Gasteiger partial charge in [0.1, 0.15) is 5.60 Å². The molecule has 22 heavy (non-hydrogen) atoms. The third-order valence-electron chi connectivity index (χ3n) is 3.96. The number of rotatable bonds is 3. The number of carbonyl (C=O) groups is 1. The van der Waals surface area contributed by atoms with Crippen molar-refractivity contribution in [2.45, 2.75) is 24.9 Å². The van der Waals surface area contributed by atoms with Crippen LogP contribution in [0, 0.1) is 11.6 Å². The molecule has 0 radical (unpaired) electrons. The Hall–Kier alpha value is -1.79. The molecule has 0 fully saturated rings. The van der Waals surface area contributed by atoms with Crippen molar-refractivity contribution < 1.29 is 18.7 Å². The maximum Gasteiger partial charge on any atom is 0.251 e. The first kappa shape index (κ1) is 15.1. The van der Waals surface area contributed by atoms with Crippen molar-refractivity contribution in [3.05, 3.63) is 57.3 Å². The molecule has 3 rings (SSSR count). The zero-order chi connectivity index (χ0) is 15.7. The van der Waals surface area contributed by atoms with Crippen LogP contribution in [-0.2, 0) is 12.0 Å². The van der Waals surface area contributed by atoms with Crippen LogP contribution in [-0.4, -0.2) is 17.6 Å². The zero-order valence-electron chi connectivity index (χ0n) is 11.7. The van der Waals surface area contributed by atoms with E-state index in [0.717, 1.165) is 35.4 Å². The monoisotopic (exact) mass is 323 g/mol. The lowest BCUT2D eigenvalue weighted by atomic mass is 9.83. The Labute approximate surface area is 130 Å². The molecule has 1 heterocycles. The summed E-state index contributed by atoms with van der Waals surface area (Å²) in [6.07, 6.45) is 2.35. The molecule has 1 unspecified atom stereocenters. The Balaban J connectivity index is 1.73. The Morgan fingerprint density at radius 3 is 2.91 bits per heavy atom. The van der Waals surface area contributed by atoms with Gasteiger partial charge in [-0.05, 0) is 54.5 Å². The van der Waals surface area contributed by atoms with Gasteiger partial charge in [0.15, 0.2) is 11.6 Å². The third kappa shape index (κ3) is 2.76. The second-order valence-electron chi connectivity index (χ2n) is 5.45. The summed E-state index contributed by atoms with van der Waals surface area (Å²) in [6.45, 7) is 0.0502. The van der Waals surface area contributed by atoms with Crippen LogP contribution in [0.4, 0.5) is 8.78 Å². The Bertz CT molecular complexity index is 716. The fraction of sp³-hybridized carbons (Fsp3) is 0.312. The molecule has 2 N–H and O–H groups in total. The number of halogens is 2. The highest BCUT2D eigenvalue weighted by atomic mass is 32.1. The highest BCUT2D eigenvalue weighted by Gasteiger charge is 2.35. The Morgan fingerprint density at radius 2 is 2.14 bits per heavy atom. The lowest BCUT2D eigenvalue weighted by Crippen LogP contribution is -2.42. The zero-order valence-corrected chi connectivity index (χ0v) is 12.6. The predicted octanol–water partition coefficient (Wildman–Crippen LogP) is 2.98. The molecule has 1 atom stereocenters. The predicted molar refractivity (Wildman–Crippen MR) is 79.8 cm³/mol. The maximum atomic E-state index is 13.2. The van der Waals surface area contributed by atoms with E-state index in [1.165, 1.54) is 6.07 Å². The van der Waals surface area contributed by atoms with Gasteiger partial charge in [0.25, 0.3) is 5.91 Å². The van der Waals surface area contributed by atoms with Gasteiger partial charge in [0, 0.05) is 10.4 Å². The second kappa shape index (κ2) is 5.78.